The van der Waals surface area contributed by atoms with E-state index in [9.17, 15) is 5.11 Å². The van der Waals surface area contributed by atoms with Crippen LogP contribution in [0.5, 0.6) is 5.75 Å². The first-order chi connectivity index (χ1) is 9.84. The Morgan fingerprint density at radius 1 is 0.850 bits per heavy atom. The minimum absolute atomic E-state index is 0.239. The van der Waals surface area contributed by atoms with Crippen LogP contribution in [0.15, 0.2) is 60.8 Å². The van der Waals surface area contributed by atoms with Crippen molar-refractivity contribution in [2.24, 2.45) is 0 Å². The molecule has 0 fully saturated rings. The highest BCUT2D eigenvalue weighted by molar-refractivity contribution is 6.12. The molecule has 4 aromatic rings. The van der Waals surface area contributed by atoms with Crippen molar-refractivity contribution in [2.45, 2.75) is 0 Å². The zero-order valence-electron chi connectivity index (χ0n) is 10.7. The van der Waals surface area contributed by atoms with Gasteiger partial charge in [0.05, 0.1) is 16.8 Å². The lowest BCUT2D eigenvalue weighted by atomic mass is 10.0. The number of para-hydroxylation sites is 1. The van der Waals surface area contributed by atoms with Crippen molar-refractivity contribution in [2.75, 3.05) is 0 Å². The average Bonchev–Trinajstić information content (AvgIpc) is 2.86. The zero-order chi connectivity index (χ0) is 13.5. The number of aromatic hydroxyl groups is 1. The van der Waals surface area contributed by atoms with Gasteiger partial charge < -0.3 is 10.1 Å². The number of H-pyrrole nitrogens is 1. The summed E-state index contributed by atoms with van der Waals surface area (Å²) in [6, 6.07) is 17.5. The topological polar surface area (TPSA) is 48.9 Å². The number of pyridine rings is 1. The molecule has 0 aliphatic heterocycles. The van der Waals surface area contributed by atoms with Crippen molar-refractivity contribution in [1.82, 2.24) is 9.97 Å². The molecule has 2 heterocycles. The van der Waals surface area contributed by atoms with E-state index in [0.717, 1.165) is 33.1 Å². The van der Waals surface area contributed by atoms with Crippen LogP contribution >= 0.6 is 0 Å². The SMILES string of the molecule is Oc1ccc2c([nH]c3ccccc32)c1-c1ccccn1. The number of rotatable bonds is 1. The maximum absolute atomic E-state index is 10.2. The first-order valence-corrected chi connectivity index (χ1v) is 6.48. The van der Waals surface area contributed by atoms with Crippen LogP contribution in [-0.2, 0) is 0 Å². The largest absolute Gasteiger partial charge is 0.507 e. The van der Waals surface area contributed by atoms with Crippen LogP contribution in [0.4, 0.5) is 0 Å². The Morgan fingerprint density at radius 2 is 1.70 bits per heavy atom. The first kappa shape index (κ1) is 11.1. The Labute approximate surface area is 115 Å². The van der Waals surface area contributed by atoms with Crippen LogP contribution in [-0.4, -0.2) is 15.1 Å². The van der Waals surface area contributed by atoms with Crippen molar-refractivity contribution in [3.05, 3.63) is 60.8 Å². The maximum Gasteiger partial charge on any atom is 0.127 e. The molecule has 2 N–H and O–H groups in total. The lowest BCUT2D eigenvalue weighted by molar-refractivity contribution is 0.478. The second-order valence-corrected chi connectivity index (χ2v) is 4.77. The van der Waals surface area contributed by atoms with Gasteiger partial charge in [-0.25, -0.2) is 0 Å². The lowest BCUT2D eigenvalue weighted by Gasteiger charge is -2.05. The van der Waals surface area contributed by atoms with Gasteiger partial charge in [-0.2, -0.15) is 0 Å². The van der Waals surface area contributed by atoms with Crippen molar-refractivity contribution < 1.29 is 5.11 Å². The minimum atomic E-state index is 0.239. The Kier molecular flexibility index (Phi) is 2.27. The van der Waals surface area contributed by atoms with E-state index < -0.39 is 0 Å². The number of aromatic nitrogens is 2. The van der Waals surface area contributed by atoms with Gasteiger partial charge in [-0.15, -0.1) is 0 Å². The second kappa shape index (κ2) is 4.10. The van der Waals surface area contributed by atoms with Gasteiger partial charge in [-0.05, 0) is 30.3 Å². The average molecular weight is 260 g/mol. The monoisotopic (exact) mass is 260 g/mol. The van der Waals surface area contributed by atoms with Crippen LogP contribution in [0.3, 0.4) is 0 Å². The third kappa shape index (κ3) is 1.50. The number of fused-ring (bicyclic) bond motifs is 3. The molecule has 0 bridgehead atoms. The van der Waals surface area contributed by atoms with Crippen LogP contribution in [0.2, 0.25) is 0 Å². The van der Waals surface area contributed by atoms with Crippen molar-refractivity contribution in [3.8, 4) is 17.0 Å². The molecular weight excluding hydrogens is 248 g/mol. The smallest absolute Gasteiger partial charge is 0.127 e. The quantitative estimate of drug-likeness (QED) is 0.541. The van der Waals surface area contributed by atoms with Crippen LogP contribution in [0, 0.1) is 0 Å². The summed E-state index contributed by atoms with van der Waals surface area (Å²) in [5, 5.41) is 12.5. The van der Waals surface area contributed by atoms with Gasteiger partial charge in [-0.3, -0.25) is 4.98 Å². The number of benzene rings is 2. The highest BCUT2D eigenvalue weighted by atomic mass is 16.3. The molecule has 0 aliphatic carbocycles. The molecule has 2 aromatic carbocycles. The maximum atomic E-state index is 10.2. The fraction of sp³-hybridized carbons (Fsp3) is 0. The van der Waals surface area contributed by atoms with Crippen LogP contribution in [0.25, 0.3) is 33.1 Å². The van der Waals surface area contributed by atoms with Gasteiger partial charge in [0.15, 0.2) is 0 Å². The molecule has 0 saturated carbocycles. The summed E-state index contributed by atoms with van der Waals surface area (Å²) >= 11 is 0. The minimum Gasteiger partial charge on any atom is -0.507 e. The van der Waals surface area contributed by atoms with Gasteiger partial charge in [0.1, 0.15) is 5.75 Å². The summed E-state index contributed by atoms with van der Waals surface area (Å²) in [5.41, 5.74) is 3.50. The zero-order valence-corrected chi connectivity index (χ0v) is 10.7. The van der Waals surface area contributed by atoms with Crippen molar-refractivity contribution >= 4 is 21.8 Å². The molecule has 0 aliphatic rings. The number of nitrogens with one attached hydrogen (secondary N) is 1. The molecule has 0 spiro atoms. The van der Waals surface area contributed by atoms with E-state index >= 15 is 0 Å². The Hall–Kier alpha value is -2.81. The summed E-state index contributed by atoms with van der Waals surface area (Å²) < 4.78 is 0. The number of aromatic amines is 1. The van der Waals surface area contributed by atoms with E-state index in [1.807, 2.05) is 42.5 Å². The Morgan fingerprint density at radius 3 is 2.55 bits per heavy atom. The van der Waals surface area contributed by atoms with E-state index in [1.165, 1.54) is 0 Å². The third-order valence-electron chi connectivity index (χ3n) is 3.58. The fourth-order valence-electron chi connectivity index (χ4n) is 2.68. The summed E-state index contributed by atoms with van der Waals surface area (Å²) in [5.74, 6) is 0.239. The second-order valence-electron chi connectivity index (χ2n) is 4.77. The number of nitrogens with zero attached hydrogens (tertiary/aromatic N) is 1. The molecule has 0 atom stereocenters. The molecule has 20 heavy (non-hydrogen) atoms. The third-order valence-corrected chi connectivity index (χ3v) is 3.58. The number of phenolic OH excluding ortho intramolecular Hbond substituents is 1. The van der Waals surface area contributed by atoms with Crippen molar-refractivity contribution in [1.29, 1.82) is 0 Å². The predicted molar refractivity (Wildman–Crippen MR) is 80.7 cm³/mol. The van der Waals surface area contributed by atoms with Gasteiger partial charge in [0.25, 0.3) is 0 Å². The van der Waals surface area contributed by atoms with Crippen LogP contribution in [0.1, 0.15) is 0 Å². The molecule has 0 unspecified atom stereocenters. The molecule has 2 aromatic heterocycles. The number of hydrogen-bond donors (Lipinski definition) is 2. The molecule has 0 saturated heterocycles. The van der Waals surface area contributed by atoms with Gasteiger partial charge in [-0.1, -0.05) is 24.3 Å². The van der Waals surface area contributed by atoms with E-state index in [2.05, 4.69) is 16.0 Å². The summed E-state index contributed by atoms with van der Waals surface area (Å²) in [7, 11) is 0. The van der Waals surface area contributed by atoms with Gasteiger partial charge in [0, 0.05) is 22.5 Å². The van der Waals surface area contributed by atoms with E-state index in [4.69, 9.17) is 0 Å². The van der Waals surface area contributed by atoms with Gasteiger partial charge >= 0.3 is 0 Å². The van der Waals surface area contributed by atoms with Crippen LogP contribution < -0.4 is 0 Å². The molecule has 4 rings (SSSR count). The van der Waals surface area contributed by atoms with E-state index in [0.29, 0.717) is 0 Å². The summed E-state index contributed by atoms with van der Waals surface area (Å²) in [4.78, 5) is 7.74. The molecule has 0 radical (unpaired) electrons. The summed E-state index contributed by atoms with van der Waals surface area (Å²) in [6.07, 6.45) is 1.73. The summed E-state index contributed by atoms with van der Waals surface area (Å²) in [6.45, 7) is 0. The first-order valence-electron chi connectivity index (χ1n) is 6.48. The standard InChI is InChI=1S/C17H12N2O/c20-15-9-8-12-11-5-1-2-6-13(11)19-17(12)16(15)14-7-3-4-10-18-14/h1-10,19-20H. The van der Waals surface area contributed by atoms with Crippen molar-refractivity contribution in [3.63, 3.8) is 0 Å². The molecule has 3 heteroatoms. The highest BCUT2D eigenvalue weighted by Gasteiger charge is 2.14. The Bertz CT molecular complexity index is 910. The molecule has 0 amide bonds. The molecule has 3 nitrogen and oxygen atoms in total. The number of phenols is 1. The predicted octanol–water partition coefficient (Wildman–Crippen LogP) is 4.09. The highest BCUT2D eigenvalue weighted by Crippen LogP contribution is 2.37. The Balaban J connectivity index is 2.17. The van der Waals surface area contributed by atoms with Gasteiger partial charge in [0.2, 0.25) is 0 Å². The van der Waals surface area contributed by atoms with E-state index in [1.54, 1.807) is 12.3 Å². The number of hydrogen-bond acceptors (Lipinski definition) is 2. The normalized spacial score (nSPS) is 11.2. The lowest BCUT2D eigenvalue weighted by Crippen LogP contribution is -1.85. The molecule has 96 valence electrons. The fourth-order valence-corrected chi connectivity index (χ4v) is 2.68. The van der Waals surface area contributed by atoms with E-state index in [-0.39, 0.29) is 5.75 Å². The molecular formula is C17H12N2O.